The van der Waals surface area contributed by atoms with Crippen molar-refractivity contribution >= 4 is 22.3 Å². The van der Waals surface area contributed by atoms with E-state index in [9.17, 15) is 10.1 Å². The van der Waals surface area contributed by atoms with Crippen molar-refractivity contribution in [1.82, 2.24) is 10.3 Å². The maximum atomic E-state index is 11.0. The summed E-state index contributed by atoms with van der Waals surface area (Å²) < 4.78 is 0. The van der Waals surface area contributed by atoms with Crippen LogP contribution in [0.5, 0.6) is 0 Å². The highest BCUT2D eigenvalue weighted by Crippen LogP contribution is 2.29. The van der Waals surface area contributed by atoms with Gasteiger partial charge in [0.05, 0.1) is 22.1 Å². The molecule has 1 aromatic carbocycles. The molecule has 7 heteroatoms. The average Bonchev–Trinajstić information content (AvgIpc) is 2.46. The number of aliphatic hydroxyl groups excluding tert-OH is 1. The molecule has 1 aromatic heterocycles. The Morgan fingerprint density at radius 2 is 2.19 bits per heavy atom. The zero-order valence-corrected chi connectivity index (χ0v) is 11.7. The van der Waals surface area contributed by atoms with Crippen LogP contribution >= 0.6 is 0 Å². The molecule has 3 N–H and O–H groups in total. The van der Waals surface area contributed by atoms with Gasteiger partial charge in [-0.05, 0) is 25.1 Å². The van der Waals surface area contributed by atoms with Crippen molar-refractivity contribution in [3.63, 3.8) is 0 Å². The highest BCUT2D eigenvalue weighted by atomic mass is 16.6. The number of nitrogens with one attached hydrogen (secondary N) is 2. The second kappa shape index (κ2) is 6.96. The maximum Gasteiger partial charge on any atom is 0.278 e. The lowest BCUT2D eigenvalue weighted by Crippen LogP contribution is -2.29. The fourth-order valence-electron chi connectivity index (χ4n) is 2.06. The number of rotatable bonds is 7. The fourth-order valence-corrected chi connectivity index (χ4v) is 2.06. The Balaban J connectivity index is 2.11. The van der Waals surface area contributed by atoms with Gasteiger partial charge in [0.15, 0.2) is 0 Å². The molecule has 21 heavy (non-hydrogen) atoms. The van der Waals surface area contributed by atoms with Gasteiger partial charge in [0, 0.05) is 31.9 Å². The number of benzene rings is 1. The molecule has 0 unspecified atom stereocenters. The summed E-state index contributed by atoms with van der Waals surface area (Å²) in [5, 5.41) is 27.0. The van der Waals surface area contributed by atoms with Gasteiger partial charge >= 0.3 is 0 Å². The van der Waals surface area contributed by atoms with Crippen LogP contribution in [0.3, 0.4) is 0 Å². The maximum absolute atomic E-state index is 11.0. The molecule has 0 bridgehead atoms. The number of nitrogens with zero attached hydrogens (tertiary/aromatic N) is 2. The molecule has 112 valence electrons. The smallest absolute Gasteiger partial charge is 0.278 e. The zero-order valence-electron chi connectivity index (χ0n) is 11.7. The van der Waals surface area contributed by atoms with Crippen molar-refractivity contribution in [3.8, 4) is 0 Å². The van der Waals surface area contributed by atoms with Gasteiger partial charge in [-0.15, -0.1) is 0 Å². The van der Waals surface area contributed by atoms with E-state index in [1.54, 1.807) is 31.3 Å². The first-order valence-electron chi connectivity index (χ1n) is 6.74. The summed E-state index contributed by atoms with van der Waals surface area (Å²) in [5.41, 5.74) is 1.40. The van der Waals surface area contributed by atoms with Crippen LogP contribution in [0.1, 0.15) is 6.92 Å². The first-order chi connectivity index (χ1) is 10.1. The predicted molar refractivity (Wildman–Crippen MR) is 81.4 cm³/mol. The number of hydrogen-bond donors (Lipinski definition) is 3. The Morgan fingerprint density at radius 3 is 2.90 bits per heavy atom. The van der Waals surface area contributed by atoms with E-state index >= 15 is 0 Å². The van der Waals surface area contributed by atoms with E-state index in [1.165, 1.54) is 6.07 Å². The van der Waals surface area contributed by atoms with Crippen LogP contribution in [0.15, 0.2) is 30.5 Å². The van der Waals surface area contributed by atoms with E-state index < -0.39 is 4.92 Å². The van der Waals surface area contributed by atoms with Gasteiger partial charge in [0.1, 0.15) is 5.52 Å². The summed E-state index contributed by atoms with van der Waals surface area (Å²) >= 11 is 0. The lowest BCUT2D eigenvalue weighted by molar-refractivity contribution is -0.383. The van der Waals surface area contributed by atoms with Crippen molar-refractivity contribution in [1.29, 1.82) is 0 Å². The van der Waals surface area contributed by atoms with Gasteiger partial charge in [-0.3, -0.25) is 15.1 Å². The largest absolute Gasteiger partial charge is 0.392 e. The van der Waals surface area contributed by atoms with Gasteiger partial charge < -0.3 is 15.7 Å². The Morgan fingerprint density at radius 1 is 1.38 bits per heavy atom. The van der Waals surface area contributed by atoms with Gasteiger partial charge in [0.25, 0.3) is 5.69 Å². The van der Waals surface area contributed by atoms with E-state index in [0.29, 0.717) is 30.5 Å². The van der Waals surface area contributed by atoms with E-state index in [-0.39, 0.29) is 11.8 Å². The molecule has 0 saturated heterocycles. The topological polar surface area (TPSA) is 100 Å². The molecule has 0 spiro atoms. The minimum atomic E-state index is -0.405. The summed E-state index contributed by atoms with van der Waals surface area (Å²) in [6, 6.07) is 6.53. The molecule has 2 rings (SSSR count). The van der Waals surface area contributed by atoms with Crippen LogP contribution in [0.25, 0.3) is 10.9 Å². The van der Waals surface area contributed by atoms with E-state index in [2.05, 4.69) is 15.6 Å². The Labute approximate surface area is 122 Å². The average molecular weight is 290 g/mol. The van der Waals surface area contributed by atoms with E-state index in [0.717, 1.165) is 5.69 Å². The van der Waals surface area contributed by atoms with Crippen LogP contribution in [0.4, 0.5) is 11.4 Å². The number of nitro groups is 1. The normalized spacial score (nSPS) is 12.3. The molecular weight excluding hydrogens is 272 g/mol. The highest BCUT2D eigenvalue weighted by Gasteiger charge is 2.14. The number of anilines is 1. The third kappa shape index (κ3) is 3.87. The number of nitro benzene ring substituents is 1. The second-order valence-electron chi connectivity index (χ2n) is 4.77. The highest BCUT2D eigenvalue weighted by molar-refractivity contribution is 5.96. The van der Waals surface area contributed by atoms with Crippen molar-refractivity contribution in [3.05, 3.63) is 40.6 Å². The SMILES string of the molecule is C[C@H](O)CNCCNc1ccc([N+](=O)[O-])c2cccnc12. The van der Waals surface area contributed by atoms with E-state index in [4.69, 9.17) is 5.11 Å². The van der Waals surface area contributed by atoms with Crippen molar-refractivity contribution in [2.45, 2.75) is 13.0 Å². The van der Waals surface area contributed by atoms with Gasteiger partial charge in [0.2, 0.25) is 0 Å². The van der Waals surface area contributed by atoms with Crippen LogP contribution in [-0.2, 0) is 0 Å². The number of non-ortho nitro benzene ring substituents is 1. The van der Waals surface area contributed by atoms with Gasteiger partial charge in [-0.25, -0.2) is 0 Å². The fraction of sp³-hybridized carbons (Fsp3) is 0.357. The van der Waals surface area contributed by atoms with Crippen LogP contribution in [0.2, 0.25) is 0 Å². The molecule has 0 aliphatic rings. The molecule has 0 saturated carbocycles. The monoisotopic (exact) mass is 290 g/mol. The summed E-state index contributed by atoms with van der Waals surface area (Å²) in [6.45, 7) is 3.56. The molecule has 2 aromatic rings. The Bertz CT molecular complexity index is 631. The van der Waals surface area contributed by atoms with Gasteiger partial charge in [-0.1, -0.05) is 0 Å². The van der Waals surface area contributed by atoms with Crippen molar-refractivity contribution in [2.24, 2.45) is 0 Å². The summed E-state index contributed by atoms with van der Waals surface area (Å²) in [6.07, 6.45) is 1.23. The molecule has 0 fully saturated rings. The zero-order chi connectivity index (χ0) is 15.2. The summed E-state index contributed by atoms with van der Waals surface area (Å²) in [7, 11) is 0. The molecule has 0 radical (unpaired) electrons. The predicted octanol–water partition coefficient (Wildman–Crippen LogP) is 1.53. The molecule has 0 aliphatic carbocycles. The first kappa shape index (κ1) is 15.1. The molecule has 1 atom stereocenters. The van der Waals surface area contributed by atoms with Crippen molar-refractivity contribution in [2.75, 3.05) is 25.0 Å². The number of pyridine rings is 1. The van der Waals surface area contributed by atoms with Crippen LogP contribution in [-0.4, -0.2) is 40.8 Å². The molecular formula is C14H18N4O3. The minimum Gasteiger partial charge on any atom is -0.392 e. The Kier molecular flexibility index (Phi) is 5.02. The third-order valence-electron chi connectivity index (χ3n) is 3.00. The molecule has 7 nitrogen and oxygen atoms in total. The first-order valence-corrected chi connectivity index (χ1v) is 6.74. The number of aliphatic hydroxyl groups is 1. The second-order valence-corrected chi connectivity index (χ2v) is 4.77. The standard InChI is InChI=1S/C14H18N4O3/c1-10(19)9-15-7-8-16-12-4-5-13(18(20)21)11-3-2-6-17-14(11)12/h2-6,10,15-16,19H,7-9H2,1H3/t10-/m0/s1. The Hall–Kier alpha value is -2.25. The van der Waals surface area contributed by atoms with Crippen molar-refractivity contribution < 1.29 is 10.0 Å². The third-order valence-corrected chi connectivity index (χ3v) is 3.00. The lowest BCUT2D eigenvalue weighted by atomic mass is 10.1. The summed E-state index contributed by atoms with van der Waals surface area (Å²) in [4.78, 5) is 14.8. The summed E-state index contributed by atoms with van der Waals surface area (Å²) in [5.74, 6) is 0. The molecule has 0 amide bonds. The molecule has 0 aliphatic heterocycles. The van der Waals surface area contributed by atoms with Crippen LogP contribution < -0.4 is 10.6 Å². The lowest BCUT2D eigenvalue weighted by Gasteiger charge is -2.10. The number of fused-ring (bicyclic) bond motifs is 1. The quantitative estimate of drug-likeness (QED) is 0.406. The number of hydrogen-bond acceptors (Lipinski definition) is 6. The van der Waals surface area contributed by atoms with Gasteiger partial charge in [-0.2, -0.15) is 0 Å². The van der Waals surface area contributed by atoms with Crippen LogP contribution in [0, 0.1) is 10.1 Å². The number of aromatic nitrogens is 1. The minimum absolute atomic E-state index is 0.0517. The molecule has 1 heterocycles. The van der Waals surface area contributed by atoms with E-state index in [1.807, 2.05) is 0 Å².